The summed E-state index contributed by atoms with van der Waals surface area (Å²) in [4.78, 5) is 0. The summed E-state index contributed by atoms with van der Waals surface area (Å²) in [7, 11) is 0. The van der Waals surface area contributed by atoms with Gasteiger partial charge < -0.3 is 15.2 Å². The van der Waals surface area contributed by atoms with Crippen LogP contribution >= 0.6 is 0 Å². The normalized spacial score (nSPS) is 17.8. The fraction of sp³-hybridized carbons (Fsp3) is 0.500. The second kappa shape index (κ2) is 7.83. The predicted molar refractivity (Wildman–Crippen MR) is 76.1 cm³/mol. The lowest BCUT2D eigenvalue weighted by Crippen LogP contribution is -2.07. The zero-order valence-corrected chi connectivity index (χ0v) is 11.2. The molecule has 1 saturated heterocycles. The van der Waals surface area contributed by atoms with E-state index in [4.69, 9.17) is 15.2 Å². The van der Waals surface area contributed by atoms with Gasteiger partial charge in [-0.25, -0.2) is 0 Å². The van der Waals surface area contributed by atoms with Gasteiger partial charge in [-0.3, -0.25) is 0 Å². The third-order valence-corrected chi connectivity index (χ3v) is 3.13. The van der Waals surface area contributed by atoms with Crippen molar-refractivity contribution in [1.82, 2.24) is 0 Å². The monoisotopic (exact) mass is 259 g/mol. The SMILES string of the molecule is NCC#Cc1cccc(OCCCC2CCCO2)c1. The highest BCUT2D eigenvalue weighted by molar-refractivity contribution is 5.39. The van der Waals surface area contributed by atoms with E-state index in [1.54, 1.807) is 0 Å². The van der Waals surface area contributed by atoms with Gasteiger partial charge in [0.25, 0.3) is 0 Å². The van der Waals surface area contributed by atoms with Crippen molar-refractivity contribution >= 4 is 0 Å². The van der Waals surface area contributed by atoms with Gasteiger partial charge in [-0.1, -0.05) is 17.9 Å². The molecule has 1 aromatic rings. The predicted octanol–water partition coefficient (Wildman–Crippen LogP) is 2.33. The summed E-state index contributed by atoms with van der Waals surface area (Å²) in [6, 6.07) is 7.83. The second-order valence-corrected chi connectivity index (χ2v) is 4.66. The third-order valence-electron chi connectivity index (χ3n) is 3.13. The molecule has 1 unspecified atom stereocenters. The molecule has 0 bridgehead atoms. The summed E-state index contributed by atoms with van der Waals surface area (Å²) >= 11 is 0. The first-order valence-electron chi connectivity index (χ1n) is 6.92. The molecule has 0 radical (unpaired) electrons. The molecule has 0 saturated carbocycles. The molecule has 102 valence electrons. The fourth-order valence-electron chi connectivity index (χ4n) is 2.19. The van der Waals surface area contributed by atoms with E-state index in [1.165, 1.54) is 12.8 Å². The Hall–Kier alpha value is -1.50. The first-order valence-corrected chi connectivity index (χ1v) is 6.92. The molecule has 1 atom stereocenters. The van der Waals surface area contributed by atoms with Crippen LogP contribution in [0.25, 0.3) is 0 Å². The molecule has 1 aromatic carbocycles. The van der Waals surface area contributed by atoms with Gasteiger partial charge in [0, 0.05) is 12.2 Å². The van der Waals surface area contributed by atoms with E-state index in [2.05, 4.69) is 11.8 Å². The van der Waals surface area contributed by atoms with Crippen LogP contribution in [0.5, 0.6) is 5.75 Å². The number of hydrogen-bond acceptors (Lipinski definition) is 3. The lowest BCUT2D eigenvalue weighted by molar-refractivity contribution is 0.0981. The van der Waals surface area contributed by atoms with Crippen LogP contribution in [0.2, 0.25) is 0 Å². The smallest absolute Gasteiger partial charge is 0.120 e. The van der Waals surface area contributed by atoms with E-state index >= 15 is 0 Å². The lowest BCUT2D eigenvalue weighted by atomic mass is 10.1. The molecule has 0 aliphatic carbocycles. The molecule has 0 amide bonds. The van der Waals surface area contributed by atoms with Crippen molar-refractivity contribution in [3.63, 3.8) is 0 Å². The second-order valence-electron chi connectivity index (χ2n) is 4.66. The highest BCUT2D eigenvalue weighted by Gasteiger charge is 2.14. The molecule has 1 aliphatic rings. The van der Waals surface area contributed by atoms with Crippen molar-refractivity contribution < 1.29 is 9.47 Å². The number of rotatable bonds is 5. The van der Waals surface area contributed by atoms with Gasteiger partial charge in [-0.2, -0.15) is 0 Å². The maximum atomic E-state index is 5.73. The Balaban J connectivity index is 1.72. The average molecular weight is 259 g/mol. The molecule has 1 aliphatic heterocycles. The third kappa shape index (κ3) is 4.94. The molecule has 1 fully saturated rings. The van der Waals surface area contributed by atoms with E-state index < -0.39 is 0 Å². The molecule has 2 N–H and O–H groups in total. The van der Waals surface area contributed by atoms with Crippen LogP contribution in [0.15, 0.2) is 24.3 Å². The van der Waals surface area contributed by atoms with Gasteiger partial charge in [0.15, 0.2) is 0 Å². The Morgan fingerprint density at radius 3 is 3.16 bits per heavy atom. The zero-order valence-electron chi connectivity index (χ0n) is 11.2. The standard InChI is InChI=1S/C16H21NO2/c17-10-2-6-14-5-1-7-16(13-14)19-12-4-9-15-8-3-11-18-15/h1,5,7,13,15H,3-4,8-12,17H2. The van der Waals surface area contributed by atoms with E-state index in [1.807, 2.05) is 24.3 Å². The minimum Gasteiger partial charge on any atom is -0.494 e. The Bertz CT molecular complexity index is 442. The molecular weight excluding hydrogens is 238 g/mol. The fourth-order valence-corrected chi connectivity index (χ4v) is 2.19. The van der Waals surface area contributed by atoms with Crippen molar-refractivity contribution in [1.29, 1.82) is 0 Å². The Morgan fingerprint density at radius 1 is 1.42 bits per heavy atom. The Kier molecular flexibility index (Phi) is 5.74. The summed E-state index contributed by atoms with van der Waals surface area (Å²) in [5.74, 6) is 6.72. The van der Waals surface area contributed by atoms with Crippen LogP contribution in [0.4, 0.5) is 0 Å². The first kappa shape index (κ1) is 13.9. The van der Waals surface area contributed by atoms with Crippen molar-refractivity contribution in [3.05, 3.63) is 29.8 Å². The van der Waals surface area contributed by atoms with Crippen LogP contribution in [0.3, 0.4) is 0 Å². The number of hydrogen-bond donors (Lipinski definition) is 1. The Morgan fingerprint density at radius 2 is 2.37 bits per heavy atom. The van der Waals surface area contributed by atoms with Crippen LogP contribution in [-0.4, -0.2) is 25.9 Å². The summed E-state index contributed by atoms with van der Waals surface area (Å²) in [6.07, 6.45) is 4.97. The van der Waals surface area contributed by atoms with Gasteiger partial charge in [-0.05, 0) is 43.9 Å². The molecule has 1 heterocycles. The number of ether oxygens (including phenoxy) is 2. The lowest BCUT2D eigenvalue weighted by Gasteiger charge is -2.10. The topological polar surface area (TPSA) is 44.5 Å². The summed E-state index contributed by atoms with van der Waals surface area (Å²) in [5, 5.41) is 0. The molecule has 0 spiro atoms. The van der Waals surface area contributed by atoms with Crippen molar-refractivity contribution in [2.24, 2.45) is 5.73 Å². The maximum absolute atomic E-state index is 5.73. The highest BCUT2D eigenvalue weighted by atomic mass is 16.5. The number of nitrogens with two attached hydrogens (primary N) is 1. The van der Waals surface area contributed by atoms with Crippen LogP contribution in [-0.2, 0) is 4.74 Å². The van der Waals surface area contributed by atoms with Gasteiger partial charge in [0.1, 0.15) is 5.75 Å². The highest BCUT2D eigenvalue weighted by Crippen LogP contribution is 2.18. The molecule has 3 nitrogen and oxygen atoms in total. The van der Waals surface area contributed by atoms with Gasteiger partial charge in [0.2, 0.25) is 0 Å². The van der Waals surface area contributed by atoms with Crippen LogP contribution < -0.4 is 10.5 Å². The van der Waals surface area contributed by atoms with Crippen LogP contribution in [0, 0.1) is 11.8 Å². The van der Waals surface area contributed by atoms with Crippen molar-refractivity contribution in [3.8, 4) is 17.6 Å². The van der Waals surface area contributed by atoms with Gasteiger partial charge >= 0.3 is 0 Å². The van der Waals surface area contributed by atoms with E-state index in [0.717, 1.165) is 37.4 Å². The first-order chi connectivity index (χ1) is 9.38. The zero-order chi connectivity index (χ0) is 13.3. The van der Waals surface area contributed by atoms with Gasteiger partial charge in [-0.15, -0.1) is 0 Å². The van der Waals surface area contributed by atoms with E-state index in [0.29, 0.717) is 12.6 Å². The summed E-state index contributed by atoms with van der Waals surface area (Å²) in [6.45, 7) is 2.04. The minimum absolute atomic E-state index is 0.381. The molecule has 0 aromatic heterocycles. The van der Waals surface area contributed by atoms with Crippen LogP contribution in [0.1, 0.15) is 31.2 Å². The van der Waals surface area contributed by atoms with E-state index in [-0.39, 0.29) is 0 Å². The molecule has 2 rings (SSSR count). The van der Waals surface area contributed by atoms with Crippen molar-refractivity contribution in [2.75, 3.05) is 19.8 Å². The average Bonchev–Trinajstić information content (AvgIpc) is 2.95. The van der Waals surface area contributed by atoms with E-state index in [9.17, 15) is 0 Å². The Labute approximate surface area is 115 Å². The quantitative estimate of drug-likeness (QED) is 0.652. The van der Waals surface area contributed by atoms with Gasteiger partial charge in [0.05, 0.1) is 19.3 Å². The van der Waals surface area contributed by atoms with Crippen molar-refractivity contribution in [2.45, 2.75) is 31.8 Å². The molecule has 19 heavy (non-hydrogen) atoms. The maximum Gasteiger partial charge on any atom is 0.120 e. The number of benzene rings is 1. The molecular formula is C16H21NO2. The summed E-state index contributed by atoms with van der Waals surface area (Å²) < 4.78 is 11.3. The summed E-state index contributed by atoms with van der Waals surface area (Å²) in [5.41, 5.74) is 6.30. The molecule has 3 heteroatoms. The minimum atomic E-state index is 0.381. The largest absolute Gasteiger partial charge is 0.494 e.